The van der Waals surface area contributed by atoms with Gasteiger partial charge in [0, 0.05) is 33.3 Å². The third-order valence-electron chi connectivity index (χ3n) is 9.31. The number of nitrogen functional groups attached to an aromatic ring is 2. The smallest absolute Gasteiger partial charge is 0.297 e. The van der Waals surface area contributed by atoms with Crippen molar-refractivity contribution in [3.8, 4) is 44.9 Å². The van der Waals surface area contributed by atoms with Crippen LogP contribution in [0.25, 0.3) is 54.9 Å². The fourth-order valence-corrected chi connectivity index (χ4v) is 8.83. The highest BCUT2D eigenvalue weighted by Gasteiger charge is 2.31. The van der Waals surface area contributed by atoms with Gasteiger partial charge in [0.05, 0.1) is 0 Å². The first-order valence-electron chi connectivity index (χ1n) is 17.5. The van der Waals surface area contributed by atoms with E-state index in [9.17, 15) is 36.2 Å². The molecule has 0 atom stereocenters. The second kappa shape index (κ2) is 14.1. The minimum Gasteiger partial charge on any atom is -0.505 e. The first kappa shape index (κ1) is 35.1. The van der Waals surface area contributed by atoms with Crippen molar-refractivity contribution in [3.05, 3.63) is 83.9 Å². The first-order chi connectivity index (χ1) is 26.5. The van der Waals surface area contributed by atoms with E-state index >= 15 is 0 Å². The van der Waals surface area contributed by atoms with Crippen molar-refractivity contribution < 1.29 is 39.0 Å². The molecule has 10 N–H and O–H groups in total. The minimum absolute atomic E-state index is 0.00359. The SMILES string of the molecule is [H]/N=N/c1c(S(=O)(=O)O)c(-c2ccc(-c3ccc(-c4c(S(=O)(=O)O)c(/N=N/[H])c(O)c5ccc(N)cc45)c(CCC)c3)cc2CCC)c2cc(N)ccc2c1O. The summed E-state index contributed by atoms with van der Waals surface area (Å²) >= 11 is 0. The fraction of sp³-hybridized carbons (Fsp3) is 0.158. The van der Waals surface area contributed by atoms with Crippen LogP contribution < -0.4 is 11.5 Å². The summed E-state index contributed by atoms with van der Waals surface area (Å²) in [6, 6.07) is 19.4. The van der Waals surface area contributed by atoms with Gasteiger partial charge in [-0.05, 0) is 93.4 Å². The van der Waals surface area contributed by atoms with Crippen LogP contribution >= 0.6 is 0 Å². The van der Waals surface area contributed by atoms with Gasteiger partial charge < -0.3 is 21.7 Å². The molecule has 0 fully saturated rings. The number of hydrogen-bond acceptors (Lipinski definition) is 12. The van der Waals surface area contributed by atoms with E-state index < -0.39 is 52.9 Å². The number of aromatic hydroxyl groups is 2. The van der Waals surface area contributed by atoms with Crippen molar-refractivity contribution in [1.29, 1.82) is 11.0 Å². The van der Waals surface area contributed by atoms with Crippen LogP contribution in [-0.2, 0) is 33.1 Å². The zero-order valence-electron chi connectivity index (χ0n) is 30.9. The molecule has 54 heavy (non-hydrogen) atoms. The molecule has 278 valence electrons. The van der Waals surface area contributed by atoms with Crippen molar-refractivity contribution >= 4 is 64.5 Å². The van der Waals surface area contributed by atoms with Gasteiger partial charge in [-0.2, -0.15) is 27.1 Å². The number of nitrogens with one attached hydrogen (secondary N) is 2. The Morgan fingerprint density at radius 2 is 1.00 bits per heavy atom. The molecule has 0 spiro atoms. The molecule has 0 amide bonds. The van der Waals surface area contributed by atoms with Gasteiger partial charge in [-0.1, -0.05) is 63.1 Å². The molecule has 0 saturated heterocycles. The van der Waals surface area contributed by atoms with E-state index in [0.29, 0.717) is 59.1 Å². The van der Waals surface area contributed by atoms with Gasteiger partial charge in [0.15, 0.2) is 11.5 Å². The number of hydrogen-bond donors (Lipinski definition) is 8. The average molecular weight is 769 g/mol. The predicted molar refractivity (Wildman–Crippen MR) is 207 cm³/mol. The molecule has 0 aliphatic rings. The number of phenolic OH excluding ortho intramolecular Hbond substituents is 2. The summed E-state index contributed by atoms with van der Waals surface area (Å²) in [4.78, 5) is -1.49. The predicted octanol–water partition coefficient (Wildman–Crippen LogP) is 9.29. The number of nitrogens with zero attached hydrogens (tertiary/aromatic N) is 2. The Balaban J connectivity index is 1.65. The van der Waals surface area contributed by atoms with Crippen LogP contribution in [-0.4, -0.2) is 36.2 Å². The quantitative estimate of drug-likeness (QED) is 0.0351. The summed E-state index contributed by atoms with van der Waals surface area (Å²) in [5, 5.41) is 30.0. The maximum absolute atomic E-state index is 13.0. The summed E-state index contributed by atoms with van der Waals surface area (Å²) in [5.41, 5.74) is 20.9. The highest BCUT2D eigenvalue weighted by Crippen LogP contribution is 2.51. The lowest BCUT2D eigenvalue weighted by molar-refractivity contribution is 0.472. The molecule has 14 nitrogen and oxygen atoms in total. The van der Waals surface area contributed by atoms with E-state index in [2.05, 4.69) is 21.3 Å². The topological polar surface area (TPSA) is 274 Å². The summed E-state index contributed by atoms with van der Waals surface area (Å²) in [6.07, 6.45) is 2.09. The van der Waals surface area contributed by atoms with E-state index in [1.165, 1.54) is 36.4 Å². The highest BCUT2D eigenvalue weighted by molar-refractivity contribution is 7.86. The number of aryl methyl sites for hydroxylation is 2. The summed E-state index contributed by atoms with van der Waals surface area (Å²) < 4.78 is 87.8. The molecule has 6 rings (SSSR count). The molecule has 6 aromatic carbocycles. The Bertz CT molecular complexity index is 2670. The van der Waals surface area contributed by atoms with Crippen LogP contribution in [0.4, 0.5) is 22.7 Å². The number of benzene rings is 6. The van der Waals surface area contributed by atoms with Gasteiger partial charge >= 0.3 is 0 Å². The normalized spacial score (nSPS) is 13.0. The molecule has 0 aromatic heterocycles. The number of rotatable bonds is 11. The van der Waals surface area contributed by atoms with Gasteiger partial charge in [0.2, 0.25) is 2.82 Å². The second-order valence-corrected chi connectivity index (χ2v) is 15.5. The molecule has 6 aromatic rings. The molecule has 0 aliphatic carbocycles. The molecule has 0 aliphatic heterocycles. The van der Waals surface area contributed by atoms with Crippen LogP contribution in [0.2, 0.25) is 2.82 Å². The monoisotopic (exact) mass is 768 g/mol. The van der Waals surface area contributed by atoms with E-state index in [1.54, 1.807) is 24.3 Å². The van der Waals surface area contributed by atoms with Crippen molar-refractivity contribution in [2.45, 2.75) is 49.3 Å². The Hall–Kier alpha value is -5.94. The number of anilines is 2. The zero-order chi connectivity index (χ0) is 40.7. The van der Waals surface area contributed by atoms with Gasteiger partial charge in [-0.3, -0.25) is 9.11 Å². The molecule has 0 radical (unpaired) electrons. The number of phenols is 2. The Morgan fingerprint density at radius 3 is 1.33 bits per heavy atom. The summed E-state index contributed by atoms with van der Waals surface area (Å²) in [6.45, 7) is 3.86. The molecular formula is C38H36N6O8S2. The van der Waals surface area contributed by atoms with E-state index in [0.717, 1.165) is 0 Å². The lowest BCUT2D eigenvalue weighted by Gasteiger charge is -2.20. The molecule has 16 heteroatoms. The molecule has 0 unspecified atom stereocenters. The molecule has 0 saturated carbocycles. The fourth-order valence-electron chi connectivity index (χ4n) is 7.11. The second-order valence-electron chi connectivity index (χ2n) is 12.8. The molecule has 0 heterocycles. The van der Waals surface area contributed by atoms with Crippen molar-refractivity contribution in [1.82, 2.24) is 0 Å². The van der Waals surface area contributed by atoms with Crippen LogP contribution in [0, 0.1) is 11.0 Å². The van der Waals surface area contributed by atoms with E-state index in [-0.39, 0.29) is 44.0 Å². The van der Waals surface area contributed by atoms with Crippen molar-refractivity contribution in [3.63, 3.8) is 0 Å². The van der Waals surface area contributed by atoms with Crippen LogP contribution in [0.15, 0.2) is 92.8 Å². The van der Waals surface area contributed by atoms with Crippen LogP contribution in [0.1, 0.15) is 37.8 Å². The van der Waals surface area contributed by atoms with Gasteiger partial charge in [-0.25, -0.2) is 11.0 Å². The lowest BCUT2D eigenvalue weighted by Crippen LogP contribution is -2.05. The van der Waals surface area contributed by atoms with E-state index in [1.807, 2.05) is 26.0 Å². The van der Waals surface area contributed by atoms with Gasteiger partial charge in [0.25, 0.3) is 20.2 Å². The number of nitrogens with two attached hydrogens (primary N) is 2. The van der Waals surface area contributed by atoms with Gasteiger partial charge in [0.1, 0.15) is 21.2 Å². The molecular weight excluding hydrogens is 733 g/mol. The van der Waals surface area contributed by atoms with Crippen molar-refractivity contribution in [2.24, 2.45) is 10.2 Å². The van der Waals surface area contributed by atoms with Crippen LogP contribution in [0.3, 0.4) is 0 Å². The maximum atomic E-state index is 13.0. The minimum atomic E-state index is -5.09. The van der Waals surface area contributed by atoms with Crippen molar-refractivity contribution in [2.75, 3.05) is 11.5 Å². The summed E-state index contributed by atoms with van der Waals surface area (Å²) in [7, 11) is -10.2. The average Bonchev–Trinajstić information content (AvgIpc) is 3.13. The standard InChI is InChI=1S/C38H36N6O8S2/c1-3-5-21-15-19(7-11-25(21)31-29-17-23(39)9-13-27(29)35(45)33(43-41)37(31)53(47,48)49)20-8-12-26(22(16-20)6-4-2)32-30-18-24(40)10-14-28(30)36(46)34(44-42)38(32)54(50,51)52/h7-18,41-42,45-46H,3-6,39-40H2,1-2H3,(H,47,48,49)(H,50,51,52)/b43-41+,44-42+. The highest BCUT2D eigenvalue weighted by atomic mass is 32.2. The molecule has 0 bridgehead atoms. The Kier molecular flexibility index (Phi) is 9.19. The lowest BCUT2D eigenvalue weighted by atomic mass is 9.87. The number of fused-ring (bicyclic) bond motifs is 2. The first-order valence-corrected chi connectivity index (χ1v) is 19.5. The third-order valence-corrected chi connectivity index (χ3v) is 11.1. The largest absolute Gasteiger partial charge is 0.505 e. The third kappa shape index (κ3) is 6.49. The Morgan fingerprint density at radius 1 is 0.611 bits per heavy atom. The Labute approximate surface area is 313 Å². The van der Waals surface area contributed by atoms with Crippen LogP contribution in [0.5, 0.6) is 11.5 Å². The summed E-state index contributed by atoms with van der Waals surface area (Å²) in [5.74, 6) is -1.22. The van der Waals surface area contributed by atoms with E-state index in [4.69, 9.17) is 14.3 Å². The zero-order valence-corrected chi connectivity index (χ0v) is 30.6. The van der Waals surface area contributed by atoms with Gasteiger partial charge in [-0.15, -0.1) is 0 Å². The maximum Gasteiger partial charge on any atom is 0.297 e.